The lowest BCUT2D eigenvalue weighted by Crippen LogP contribution is -2.12. The van der Waals surface area contributed by atoms with Crippen LogP contribution in [0.15, 0.2) is 30.9 Å². The van der Waals surface area contributed by atoms with Crippen LogP contribution in [0, 0.1) is 5.82 Å². The van der Waals surface area contributed by atoms with Gasteiger partial charge in [0.15, 0.2) is 0 Å². The summed E-state index contributed by atoms with van der Waals surface area (Å²) in [6.07, 6.45) is 2.88. The van der Waals surface area contributed by atoms with E-state index in [1.165, 1.54) is 35.5 Å². The molecule has 0 atom stereocenters. The molecule has 1 aromatic heterocycles. The Bertz CT molecular complexity index is 545. The lowest BCUT2D eigenvalue weighted by atomic mass is 10.2. The molecule has 0 N–H and O–H groups in total. The van der Waals surface area contributed by atoms with Gasteiger partial charge in [0.2, 0.25) is 0 Å². The van der Waals surface area contributed by atoms with Crippen LogP contribution in [0.3, 0.4) is 0 Å². The summed E-state index contributed by atoms with van der Waals surface area (Å²) >= 11 is 5.66. The minimum Gasteiger partial charge on any atom is -0.460 e. The summed E-state index contributed by atoms with van der Waals surface area (Å²) < 4.78 is 19.6. The Hall–Kier alpha value is -1.95. The number of nitrogens with zero attached hydrogens (tertiary/aromatic N) is 3. The lowest BCUT2D eigenvalue weighted by molar-refractivity contribution is 0.0487. The van der Waals surface area contributed by atoms with Gasteiger partial charge in [-0.15, -0.1) is 0 Å². The molecule has 7 heteroatoms. The van der Waals surface area contributed by atoms with Crippen LogP contribution in [0.4, 0.5) is 4.39 Å². The average Bonchev–Trinajstić information content (AvgIpc) is 2.85. The maximum absolute atomic E-state index is 13.1. The van der Waals surface area contributed by atoms with Crippen LogP contribution in [0.25, 0.3) is 0 Å². The van der Waals surface area contributed by atoms with Crippen molar-refractivity contribution in [1.29, 1.82) is 0 Å². The summed E-state index contributed by atoms with van der Waals surface area (Å²) in [6, 6.07) is 3.98. The second-order valence-electron chi connectivity index (χ2n) is 3.40. The van der Waals surface area contributed by atoms with Gasteiger partial charge in [0.1, 0.15) is 25.1 Å². The predicted octanol–water partition coefficient (Wildman–Crippen LogP) is 1.93. The Labute approximate surface area is 107 Å². The van der Waals surface area contributed by atoms with E-state index in [4.69, 9.17) is 16.3 Å². The number of rotatable bonds is 4. The van der Waals surface area contributed by atoms with Crippen molar-refractivity contribution in [3.8, 4) is 0 Å². The van der Waals surface area contributed by atoms with E-state index in [0.717, 1.165) is 0 Å². The number of hydrogen-bond acceptors (Lipinski definition) is 4. The van der Waals surface area contributed by atoms with Gasteiger partial charge >= 0.3 is 5.97 Å². The van der Waals surface area contributed by atoms with Crippen molar-refractivity contribution in [2.75, 3.05) is 6.61 Å². The Kier molecular flexibility index (Phi) is 3.88. The van der Waals surface area contributed by atoms with E-state index in [-0.39, 0.29) is 17.2 Å². The molecule has 0 saturated heterocycles. The van der Waals surface area contributed by atoms with Gasteiger partial charge in [-0.25, -0.2) is 18.9 Å². The second-order valence-corrected chi connectivity index (χ2v) is 3.77. The number of aromatic nitrogens is 3. The van der Waals surface area contributed by atoms with Crippen LogP contribution < -0.4 is 0 Å². The highest BCUT2D eigenvalue weighted by atomic mass is 35.5. The van der Waals surface area contributed by atoms with Crippen molar-refractivity contribution in [3.63, 3.8) is 0 Å². The minimum atomic E-state index is -0.667. The molecule has 94 valence electrons. The molecular formula is C11H9ClFN3O2. The Balaban J connectivity index is 1.93. The smallest absolute Gasteiger partial charge is 0.339 e. The van der Waals surface area contributed by atoms with Gasteiger partial charge in [-0.1, -0.05) is 17.7 Å². The van der Waals surface area contributed by atoms with E-state index in [0.29, 0.717) is 6.54 Å². The van der Waals surface area contributed by atoms with Gasteiger partial charge in [0.05, 0.1) is 17.1 Å². The first kappa shape index (κ1) is 12.5. The monoisotopic (exact) mass is 269 g/mol. The van der Waals surface area contributed by atoms with Crippen LogP contribution in [0.2, 0.25) is 5.02 Å². The average molecular weight is 270 g/mol. The minimum absolute atomic E-state index is 0.00950. The van der Waals surface area contributed by atoms with Gasteiger partial charge < -0.3 is 4.74 Å². The van der Waals surface area contributed by atoms with E-state index < -0.39 is 11.8 Å². The van der Waals surface area contributed by atoms with Crippen molar-refractivity contribution in [2.45, 2.75) is 6.54 Å². The molecule has 0 aliphatic heterocycles. The highest BCUT2D eigenvalue weighted by Crippen LogP contribution is 2.20. The third kappa shape index (κ3) is 2.84. The Morgan fingerprint density at radius 2 is 2.33 bits per heavy atom. The van der Waals surface area contributed by atoms with Crippen molar-refractivity contribution in [3.05, 3.63) is 47.3 Å². The van der Waals surface area contributed by atoms with Gasteiger partial charge in [0.25, 0.3) is 0 Å². The highest BCUT2D eigenvalue weighted by molar-refractivity contribution is 6.33. The first-order valence-corrected chi connectivity index (χ1v) is 5.50. The molecule has 0 spiro atoms. The van der Waals surface area contributed by atoms with Crippen LogP contribution in [0.1, 0.15) is 10.4 Å². The summed E-state index contributed by atoms with van der Waals surface area (Å²) in [5, 5.41) is 3.61. The number of halogens is 2. The van der Waals surface area contributed by atoms with Crippen molar-refractivity contribution < 1.29 is 13.9 Å². The molecule has 0 bridgehead atoms. The number of carbonyl (C=O) groups excluding carboxylic acids is 1. The van der Waals surface area contributed by atoms with E-state index in [9.17, 15) is 9.18 Å². The fourth-order valence-corrected chi connectivity index (χ4v) is 1.52. The van der Waals surface area contributed by atoms with Crippen molar-refractivity contribution in [1.82, 2.24) is 14.8 Å². The van der Waals surface area contributed by atoms with Crippen LogP contribution in [-0.4, -0.2) is 27.3 Å². The molecule has 1 aromatic carbocycles. The van der Waals surface area contributed by atoms with E-state index in [1.807, 2.05) is 0 Å². The fraction of sp³-hybridized carbons (Fsp3) is 0.182. The molecule has 0 aliphatic rings. The SMILES string of the molecule is O=C(OCCn1cncn1)c1cccc(F)c1Cl. The van der Waals surface area contributed by atoms with Gasteiger partial charge in [-0.2, -0.15) is 5.10 Å². The summed E-state index contributed by atoms with van der Waals surface area (Å²) in [5.74, 6) is -1.32. The maximum Gasteiger partial charge on any atom is 0.339 e. The van der Waals surface area contributed by atoms with Crippen LogP contribution in [0.5, 0.6) is 0 Å². The predicted molar refractivity (Wildman–Crippen MR) is 61.7 cm³/mol. The summed E-state index contributed by atoms with van der Waals surface area (Å²) in [6.45, 7) is 0.480. The number of ether oxygens (including phenoxy) is 1. The largest absolute Gasteiger partial charge is 0.460 e. The Morgan fingerprint density at radius 3 is 3.06 bits per heavy atom. The van der Waals surface area contributed by atoms with Gasteiger partial charge in [0, 0.05) is 0 Å². The third-order valence-electron chi connectivity index (χ3n) is 2.19. The number of hydrogen-bond donors (Lipinski definition) is 0. The van der Waals surface area contributed by atoms with Crippen molar-refractivity contribution in [2.24, 2.45) is 0 Å². The molecule has 5 nitrogen and oxygen atoms in total. The van der Waals surface area contributed by atoms with E-state index >= 15 is 0 Å². The fourth-order valence-electron chi connectivity index (χ4n) is 1.32. The molecule has 18 heavy (non-hydrogen) atoms. The molecule has 2 rings (SSSR count). The number of esters is 1. The number of carbonyl (C=O) groups is 1. The summed E-state index contributed by atoms with van der Waals surface area (Å²) in [7, 11) is 0. The first-order chi connectivity index (χ1) is 8.68. The summed E-state index contributed by atoms with van der Waals surface area (Å²) in [5.41, 5.74) is 0.00950. The molecule has 2 aromatic rings. The molecule has 0 unspecified atom stereocenters. The molecule has 0 fully saturated rings. The summed E-state index contributed by atoms with van der Waals surface area (Å²) in [4.78, 5) is 15.4. The zero-order valence-electron chi connectivity index (χ0n) is 9.22. The standard InChI is InChI=1S/C11H9ClFN3O2/c12-10-8(2-1-3-9(10)13)11(17)18-5-4-16-7-14-6-15-16/h1-3,6-7H,4-5H2. The Morgan fingerprint density at radius 1 is 1.50 bits per heavy atom. The van der Waals surface area contributed by atoms with Gasteiger partial charge in [-0.05, 0) is 12.1 Å². The van der Waals surface area contributed by atoms with Crippen LogP contribution in [-0.2, 0) is 11.3 Å². The molecule has 0 saturated carbocycles. The maximum atomic E-state index is 13.1. The first-order valence-electron chi connectivity index (χ1n) is 5.12. The van der Waals surface area contributed by atoms with Crippen molar-refractivity contribution >= 4 is 17.6 Å². The zero-order chi connectivity index (χ0) is 13.0. The van der Waals surface area contributed by atoms with E-state index in [2.05, 4.69) is 10.1 Å². The molecule has 0 radical (unpaired) electrons. The number of benzene rings is 1. The second kappa shape index (κ2) is 5.59. The molecular weight excluding hydrogens is 261 g/mol. The quantitative estimate of drug-likeness (QED) is 0.796. The highest BCUT2D eigenvalue weighted by Gasteiger charge is 2.14. The molecule has 0 aliphatic carbocycles. The lowest BCUT2D eigenvalue weighted by Gasteiger charge is -2.06. The molecule has 0 amide bonds. The topological polar surface area (TPSA) is 57.0 Å². The van der Waals surface area contributed by atoms with Crippen LogP contribution >= 0.6 is 11.6 Å². The third-order valence-corrected chi connectivity index (χ3v) is 2.58. The van der Waals surface area contributed by atoms with E-state index in [1.54, 1.807) is 0 Å². The zero-order valence-corrected chi connectivity index (χ0v) is 9.97. The normalized spacial score (nSPS) is 10.3. The van der Waals surface area contributed by atoms with Gasteiger partial charge in [-0.3, -0.25) is 0 Å². The molecule has 1 heterocycles.